The fraction of sp³-hybridized carbons (Fsp3) is 0.417. The summed E-state index contributed by atoms with van der Waals surface area (Å²) in [5.74, 6) is 0. The molecule has 0 saturated heterocycles. The van der Waals surface area contributed by atoms with Crippen LogP contribution in [0.1, 0.15) is 25.5 Å². The van der Waals surface area contributed by atoms with Gasteiger partial charge in [0.15, 0.2) is 0 Å². The highest BCUT2D eigenvalue weighted by molar-refractivity contribution is 7.99. The number of tetrazole rings is 1. The Morgan fingerprint density at radius 3 is 2.84 bits per heavy atom. The highest BCUT2D eigenvalue weighted by Crippen LogP contribution is 2.31. The number of hydrogen-bond acceptors (Lipinski definition) is 5. The molecule has 0 radical (unpaired) electrons. The fourth-order valence-corrected chi connectivity index (χ4v) is 2.93. The van der Waals surface area contributed by atoms with Gasteiger partial charge < -0.3 is 5.32 Å². The van der Waals surface area contributed by atoms with E-state index in [-0.39, 0.29) is 6.04 Å². The van der Waals surface area contributed by atoms with Crippen LogP contribution in [0.5, 0.6) is 0 Å². The van der Waals surface area contributed by atoms with E-state index in [1.165, 1.54) is 11.8 Å². The maximum Gasteiger partial charge on any atom is 0.213 e. The molecule has 5 nitrogen and oxygen atoms in total. The fourth-order valence-electron chi connectivity index (χ4n) is 1.75. The van der Waals surface area contributed by atoms with Gasteiger partial charge >= 0.3 is 0 Å². The number of aromatic nitrogens is 4. The zero-order valence-electron chi connectivity index (χ0n) is 11.1. The number of halogens is 1. The lowest BCUT2D eigenvalue weighted by Crippen LogP contribution is -2.17. The molecule has 7 heteroatoms. The van der Waals surface area contributed by atoms with Crippen LogP contribution in [0.2, 0.25) is 5.02 Å². The minimum Gasteiger partial charge on any atom is -0.310 e. The second kappa shape index (κ2) is 6.36. The Kier molecular flexibility index (Phi) is 4.79. The summed E-state index contributed by atoms with van der Waals surface area (Å²) >= 11 is 7.82. The first-order valence-electron chi connectivity index (χ1n) is 6.05. The molecule has 102 valence electrons. The SMILES string of the molecule is CCNC(C)c1ccc(Sc2nnnn2C)cc1Cl. The zero-order chi connectivity index (χ0) is 13.8. The first-order chi connectivity index (χ1) is 9.11. The highest BCUT2D eigenvalue weighted by Gasteiger charge is 2.11. The van der Waals surface area contributed by atoms with E-state index in [1.54, 1.807) is 4.68 Å². The van der Waals surface area contributed by atoms with Crippen LogP contribution in [0.15, 0.2) is 28.3 Å². The Labute approximate surface area is 121 Å². The molecule has 0 aliphatic rings. The minimum atomic E-state index is 0.244. The summed E-state index contributed by atoms with van der Waals surface area (Å²) < 4.78 is 1.63. The predicted molar refractivity (Wildman–Crippen MR) is 76.5 cm³/mol. The number of nitrogens with one attached hydrogen (secondary N) is 1. The van der Waals surface area contributed by atoms with Crippen molar-refractivity contribution in [3.05, 3.63) is 28.8 Å². The summed E-state index contributed by atoms with van der Waals surface area (Å²) in [7, 11) is 1.81. The lowest BCUT2D eigenvalue weighted by molar-refractivity contribution is 0.598. The standard InChI is InChI=1S/C12H16ClN5S/c1-4-14-8(2)10-6-5-9(7-11(10)13)19-12-15-16-17-18(12)3/h5-8,14H,4H2,1-3H3. The Morgan fingerprint density at radius 1 is 1.47 bits per heavy atom. The molecule has 1 aromatic heterocycles. The molecule has 0 aliphatic carbocycles. The van der Waals surface area contributed by atoms with Crippen LogP contribution in [0.4, 0.5) is 0 Å². The summed E-state index contributed by atoms with van der Waals surface area (Å²) in [5.41, 5.74) is 1.10. The van der Waals surface area contributed by atoms with E-state index in [0.29, 0.717) is 0 Å². The first-order valence-corrected chi connectivity index (χ1v) is 7.24. The second-order valence-corrected chi connectivity index (χ2v) is 5.60. The van der Waals surface area contributed by atoms with Gasteiger partial charge in [-0.1, -0.05) is 24.6 Å². The zero-order valence-corrected chi connectivity index (χ0v) is 12.7. The summed E-state index contributed by atoms with van der Waals surface area (Å²) in [4.78, 5) is 1.02. The van der Waals surface area contributed by atoms with Crippen LogP contribution < -0.4 is 5.32 Å². The molecule has 0 aliphatic heterocycles. The van der Waals surface area contributed by atoms with Gasteiger partial charge in [-0.05, 0) is 53.4 Å². The lowest BCUT2D eigenvalue weighted by Gasteiger charge is -2.15. The third kappa shape index (κ3) is 3.46. The van der Waals surface area contributed by atoms with Crippen molar-refractivity contribution in [2.45, 2.75) is 29.9 Å². The topological polar surface area (TPSA) is 55.6 Å². The summed E-state index contributed by atoms with van der Waals surface area (Å²) in [5, 5.41) is 16.2. The monoisotopic (exact) mass is 297 g/mol. The van der Waals surface area contributed by atoms with Crippen LogP contribution >= 0.6 is 23.4 Å². The summed E-state index contributed by atoms with van der Waals surface area (Å²) in [6.45, 7) is 5.10. The van der Waals surface area contributed by atoms with Gasteiger partial charge in [0, 0.05) is 23.0 Å². The van der Waals surface area contributed by atoms with Gasteiger partial charge in [0.2, 0.25) is 5.16 Å². The van der Waals surface area contributed by atoms with Crippen molar-refractivity contribution in [2.24, 2.45) is 7.05 Å². The molecular weight excluding hydrogens is 282 g/mol. The molecule has 1 N–H and O–H groups in total. The third-order valence-electron chi connectivity index (χ3n) is 2.74. The number of benzene rings is 1. The summed E-state index contributed by atoms with van der Waals surface area (Å²) in [6.07, 6.45) is 0. The van der Waals surface area contributed by atoms with Gasteiger partial charge in [-0.3, -0.25) is 0 Å². The molecule has 2 aromatic rings. The van der Waals surface area contributed by atoms with E-state index in [9.17, 15) is 0 Å². The van der Waals surface area contributed by atoms with Crippen molar-refractivity contribution in [1.82, 2.24) is 25.5 Å². The largest absolute Gasteiger partial charge is 0.310 e. The molecule has 0 spiro atoms. The number of nitrogens with zero attached hydrogens (tertiary/aromatic N) is 4. The Hall–Kier alpha value is -1.11. The minimum absolute atomic E-state index is 0.244. The molecular formula is C12H16ClN5S. The van der Waals surface area contributed by atoms with Crippen molar-refractivity contribution in [3.63, 3.8) is 0 Å². The van der Waals surface area contributed by atoms with E-state index >= 15 is 0 Å². The maximum atomic E-state index is 6.33. The molecule has 0 bridgehead atoms. The molecule has 0 fully saturated rings. The van der Waals surface area contributed by atoms with Gasteiger partial charge in [-0.25, -0.2) is 4.68 Å². The molecule has 0 amide bonds. The summed E-state index contributed by atoms with van der Waals surface area (Å²) in [6, 6.07) is 6.27. The van der Waals surface area contributed by atoms with E-state index in [2.05, 4.69) is 34.7 Å². The number of hydrogen-bond donors (Lipinski definition) is 1. The van der Waals surface area contributed by atoms with Crippen molar-refractivity contribution < 1.29 is 0 Å². The van der Waals surface area contributed by atoms with E-state index in [4.69, 9.17) is 11.6 Å². The van der Waals surface area contributed by atoms with Crippen LogP contribution in [-0.2, 0) is 7.05 Å². The Morgan fingerprint density at radius 2 is 2.26 bits per heavy atom. The number of rotatable bonds is 5. The molecule has 19 heavy (non-hydrogen) atoms. The quantitative estimate of drug-likeness (QED) is 0.919. The predicted octanol–water partition coefficient (Wildman–Crippen LogP) is 2.69. The van der Waals surface area contributed by atoms with Gasteiger partial charge in [0.25, 0.3) is 0 Å². The van der Waals surface area contributed by atoms with Gasteiger partial charge in [-0.2, -0.15) is 0 Å². The van der Waals surface area contributed by atoms with Gasteiger partial charge in [0.1, 0.15) is 0 Å². The second-order valence-electron chi connectivity index (χ2n) is 4.15. The Bertz CT molecular complexity index is 557. The average Bonchev–Trinajstić information content (AvgIpc) is 2.75. The highest BCUT2D eigenvalue weighted by atomic mass is 35.5. The van der Waals surface area contributed by atoms with E-state index in [1.807, 2.05) is 25.2 Å². The smallest absolute Gasteiger partial charge is 0.213 e. The molecule has 2 rings (SSSR count). The number of aryl methyl sites for hydroxylation is 1. The molecule has 1 unspecified atom stereocenters. The van der Waals surface area contributed by atoms with Crippen LogP contribution in [0.25, 0.3) is 0 Å². The maximum absolute atomic E-state index is 6.33. The van der Waals surface area contributed by atoms with E-state index in [0.717, 1.165) is 27.2 Å². The van der Waals surface area contributed by atoms with E-state index < -0.39 is 0 Å². The third-order valence-corrected chi connectivity index (χ3v) is 4.08. The average molecular weight is 298 g/mol. The molecule has 1 aromatic carbocycles. The lowest BCUT2D eigenvalue weighted by atomic mass is 10.1. The van der Waals surface area contributed by atoms with Crippen molar-refractivity contribution in [2.75, 3.05) is 6.54 Å². The Balaban J connectivity index is 2.17. The van der Waals surface area contributed by atoms with Crippen molar-refractivity contribution in [1.29, 1.82) is 0 Å². The first kappa shape index (κ1) is 14.3. The van der Waals surface area contributed by atoms with Crippen molar-refractivity contribution >= 4 is 23.4 Å². The van der Waals surface area contributed by atoms with Crippen LogP contribution in [0, 0.1) is 0 Å². The molecule has 1 atom stereocenters. The van der Waals surface area contributed by atoms with Crippen LogP contribution in [0.3, 0.4) is 0 Å². The van der Waals surface area contributed by atoms with Crippen LogP contribution in [-0.4, -0.2) is 26.8 Å². The van der Waals surface area contributed by atoms with Gasteiger partial charge in [-0.15, -0.1) is 5.10 Å². The van der Waals surface area contributed by atoms with Gasteiger partial charge in [0.05, 0.1) is 0 Å². The molecule has 1 heterocycles. The normalized spacial score (nSPS) is 12.6. The molecule has 0 saturated carbocycles. The van der Waals surface area contributed by atoms with Crippen molar-refractivity contribution in [3.8, 4) is 0 Å².